The average Bonchev–Trinajstić information content (AvgIpc) is 2.66. The molecule has 0 fully saturated rings. The molecular weight excluding hydrogens is 498 g/mol. The zero-order valence-electron chi connectivity index (χ0n) is 15.1. The number of alkyl halides is 6. The monoisotopic (exact) mass is 506 g/mol. The average molecular weight is 507 g/mol. The summed E-state index contributed by atoms with van der Waals surface area (Å²) in [6.45, 7) is -1.03. The van der Waals surface area contributed by atoms with Crippen molar-refractivity contribution in [3.8, 4) is 5.75 Å². The van der Waals surface area contributed by atoms with Crippen LogP contribution in [-0.2, 0) is 20.8 Å². The van der Waals surface area contributed by atoms with E-state index in [-0.39, 0.29) is 11.1 Å². The number of ether oxygens (including phenoxy) is 1. The van der Waals surface area contributed by atoms with E-state index in [9.17, 15) is 49.7 Å². The van der Waals surface area contributed by atoms with E-state index >= 15 is 0 Å². The number of hydrogen-bond donors (Lipinski definition) is 1. The van der Waals surface area contributed by atoms with Crippen molar-refractivity contribution < 1.29 is 49.2 Å². The van der Waals surface area contributed by atoms with E-state index in [4.69, 9.17) is 16.3 Å². The molecule has 2 aromatic carbocycles. The van der Waals surface area contributed by atoms with Crippen LogP contribution in [0.25, 0.3) is 0 Å². The Morgan fingerprint density at radius 2 is 1.72 bits per heavy atom. The molecule has 0 aliphatic rings. The maximum atomic E-state index is 12.8. The van der Waals surface area contributed by atoms with E-state index in [1.54, 1.807) is 0 Å². The van der Waals surface area contributed by atoms with Crippen LogP contribution in [-0.4, -0.2) is 31.4 Å². The van der Waals surface area contributed by atoms with Gasteiger partial charge in [0.15, 0.2) is 12.4 Å². The molecule has 0 aliphatic heterocycles. The number of amides is 1. The van der Waals surface area contributed by atoms with Crippen molar-refractivity contribution >= 4 is 38.7 Å². The van der Waals surface area contributed by atoms with Gasteiger partial charge in [0.05, 0.1) is 26.1 Å². The first-order chi connectivity index (χ1) is 14.5. The molecule has 174 valence electrons. The molecule has 2 aromatic rings. The summed E-state index contributed by atoms with van der Waals surface area (Å²) in [6, 6.07) is 3.06. The number of carbonyl (C=O) groups excluding carboxylic acids is 1. The summed E-state index contributed by atoms with van der Waals surface area (Å²) < 4.78 is 104. The number of nitrogens with zero attached hydrogens (tertiary/aromatic N) is 1. The molecule has 1 N–H and O–H groups in total. The predicted octanol–water partition coefficient (Wildman–Crippen LogP) is 4.58. The number of carbonyl (C=O) groups is 1. The number of benzene rings is 2. The van der Waals surface area contributed by atoms with E-state index in [1.165, 1.54) is 0 Å². The van der Waals surface area contributed by atoms with Crippen LogP contribution in [0.1, 0.15) is 5.56 Å². The lowest BCUT2D eigenvalue weighted by atomic mass is 10.2. The molecule has 0 unspecified atom stereocenters. The third-order valence-electron chi connectivity index (χ3n) is 3.67. The molecule has 0 radical (unpaired) electrons. The Morgan fingerprint density at radius 3 is 2.25 bits per heavy atom. The highest BCUT2D eigenvalue weighted by molar-refractivity contribution is 7.92. The highest BCUT2D eigenvalue weighted by atomic mass is 35.5. The molecule has 0 bridgehead atoms. The summed E-state index contributed by atoms with van der Waals surface area (Å²) in [5.74, 6) is -1.88. The van der Waals surface area contributed by atoms with Crippen molar-refractivity contribution in [2.45, 2.75) is 16.6 Å². The molecule has 8 nitrogen and oxygen atoms in total. The molecule has 0 spiro atoms. The quantitative estimate of drug-likeness (QED) is 0.348. The summed E-state index contributed by atoms with van der Waals surface area (Å²) in [4.78, 5) is 20.4. The van der Waals surface area contributed by atoms with Gasteiger partial charge >= 0.3 is 17.4 Å². The van der Waals surface area contributed by atoms with Crippen molar-refractivity contribution in [2.24, 2.45) is 0 Å². The van der Waals surface area contributed by atoms with Crippen molar-refractivity contribution in [1.29, 1.82) is 0 Å². The number of nitrogens with one attached hydrogen (secondary N) is 1. The lowest BCUT2D eigenvalue weighted by molar-refractivity contribution is -0.386. The topological polar surface area (TPSA) is 116 Å². The van der Waals surface area contributed by atoms with Gasteiger partial charge in [0.1, 0.15) is 0 Å². The zero-order chi connectivity index (χ0) is 24.5. The molecular formula is C16H9ClF6N2O6S. The van der Waals surface area contributed by atoms with Gasteiger partial charge in [0, 0.05) is 6.07 Å². The first-order valence-electron chi connectivity index (χ1n) is 7.93. The maximum absolute atomic E-state index is 12.8. The summed E-state index contributed by atoms with van der Waals surface area (Å²) in [5, 5.41) is 12.8. The summed E-state index contributed by atoms with van der Waals surface area (Å²) >= 11 is 5.71. The van der Waals surface area contributed by atoms with Crippen LogP contribution in [0.4, 0.5) is 37.7 Å². The van der Waals surface area contributed by atoms with E-state index in [1.807, 2.05) is 5.32 Å². The van der Waals surface area contributed by atoms with Gasteiger partial charge in [0.25, 0.3) is 15.7 Å². The number of nitro groups is 1. The van der Waals surface area contributed by atoms with Gasteiger partial charge < -0.3 is 10.1 Å². The van der Waals surface area contributed by atoms with Crippen LogP contribution in [0.3, 0.4) is 0 Å². The Bertz CT molecular complexity index is 1170. The fraction of sp³-hybridized carbons (Fsp3) is 0.188. The summed E-state index contributed by atoms with van der Waals surface area (Å²) in [7, 11) is -5.89. The minimum absolute atomic E-state index is 0.0970. The SMILES string of the molecule is O=C(COc1ccc(S(=O)(=O)C(F)(F)F)cc1[N+](=O)[O-])Nc1cc(C(F)(F)F)ccc1Cl. The van der Waals surface area contributed by atoms with Crippen molar-refractivity contribution in [2.75, 3.05) is 11.9 Å². The molecule has 32 heavy (non-hydrogen) atoms. The Kier molecular flexibility index (Phi) is 6.94. The van der Waals surface area contributed by atoms with Crippen LogP contribution in [0.5, 0.6) is 5.75 Å². The van der Waals surface area contributed by atoms with Gasteiger partial charge in [0.2, 0.25) is 0 Å². The molecule has 0 heterocycles. The number of nitro benzene ring substituents is 1. The zero-order valence-corrected chi connectivity index (χ0v) is 16.7. The number of sulfone groups is 1. The van der Waals surface area contributed by atoms with Gasteiger partial charge in [-0.05, 0) is 30.3 Å². The van der Waals surface area contributed by atoms with E-state index < -0.39 is 66.5 Å². The number of rotatable bonds is 6. The van der Waals surface area contributed by atoms with Crippen LogP contribution in [0.15, 0.2) is 41.3 Å². The largest absolute Gasteiger partial charge is 0.501 e. The molecule has 1 amide bonds. The van der Waals surface area contributed by atoms with E-state index in [2.05, 4.69) is 0 Å². The Labute approximate surface area is 179 Å². The van der Waals surface area contributed by atoms with Crippen LogP contribution in [0, 0.1) is 10.1 Å². The van der Waals surface area contributed by atoms with Gasteiger partial charge in [-0.25, -0.2) is 8.42 Å². The fourth-order valence-corrected chi connectivity index (χ4v) is 3.14. The lowest BCUT2D eigenvalue weighted by Gasteiger charge is -2.12. The molecule has 0 saturated carbocycles. The van der Waals surface area contributed by atoms with Crippen LogP contribution >= 0.6 is 11.6 Å². The molecule has 0 saturated heterocycles. The highest BCUT2D eigenvalue weighted by Crippen LogP contribution is 2.36. The van der Waals surface area contributed by atoms with Crippen LogP contribution in [0.2, 0.25) is 5.02 Å². The fourth-order valence-electron chi connectivity index (χ4n) is 2.19. The maximum Gasteiger partial charge on any atom is 0.501 e. The van der Waals surface area contributed by atoms with Gasteiger partial charge in [-0.15, -0.1) is 0 Å². The number of hydrogen-bond acceptors (Lipinski definition) is 6. The second-order valence-corrected chi connectivity index (χ2v) is 8.21. The third-order valence-corrected chi connectivity index (χ3v) is 5.48. The van der Waals surface area contributed by atoms with Crippen LogP contribution < -0.4 is 10.1 Å². The summed E-state index contributed by atoms with van der Waals surface area (Å²) in [6.07, 6.45) is -4.74. The highest BCUT2D eigenvalue weighted by Gasteiger charge is 2.47. The van der Waals surface area contributed by atoms with Gasteiger partial charge in [-0.3, -0.25) is 14.9 Å². The van der Waals surface area contributed by atoms with Crippen molar-refractivity contribution in [3.05, 3.63) is 57.1 Å². The Hall–Kier alpha value is -3.07. The second-order valence-electron chi connectivity index (χ2n) is 5.87. The Morgan fingerprint density at radius 1 is 1.09 bits per heavy atom. The van der Waals surface area contributed by atoms with Gasteiger partial charge in [-0.1, -0.05) is 11.6 Å². The number of halogens is 7. The minimum Gasteiger partial charge on any atom is -0.477 e. The molecule has 0 atom stereocenters. The third kappa shape index (κ3) is 5.59. The predicted molar refractivity (Wildman–Crippen MR) is 96.9 cm³/mol. The molecule has 2 rings (SSSR count). The molecule has 0 aromatic heterocycles. The molecule has 16 heteroatoms. The van der Waals surface area contributed by atoms with Crippen molar-refractivity contribution in [1.82, 2.24) is 0 Å². The summed E-state index contributed by atoms with van der Waals surface area (Å²) in [5.41, 5.74) is -8.49. The second kappa shape index (κ2) is 8.82. The minimum atomic E-state index is -5.89. The van der Waals surface area contributed by atoms with E-state index in [0.717, 1.165) is 6.07 Å². The first-order valence-corrected chi connectivity index (χ1v) is 9.79. The smallest absolute Gasteiger partial charge is 0.477 e. The van der Waals surface area contributed by atoms with Crippen molar-refractivity contribution in [3.63, 3.8) is 0 Å². The molecule has 0 aliphatic carbocycles. The number of anilines is 1. The lowest BCUT2D eigenvalue weighted by Crippen LogP contribution is -2.23. The first kappa shape index (κ1) is 25.2. The standard InChI is InChI=1S/C16H9ClF6N2O6S/c17-10-3-1-8(15(18,19)20)5-11(10)24-14(26)7-31-13-4-2-9(6-12(13)25(27)28)32(29,30)16(21,22)23/h1-6H,7H2,(H,24,26). The van der Waals surface area contributed by atoms with E-state index in [0.29, 0.717) is 24.3 Å². The normalized spacial score (nSPS) is 12.3. The Balaban J connectivity index is 2.22. The van der Waals surface area contributed by atoms with Gasteiger partial charge in [-0.2, -0.15) is 26.3 Å².